The molecule has 1 heterocycles. The molecule has 122 valence electrons. The molecule has 1 amide bonds. The minimum atomic E-state index is -0.838. The van der Waals surface area contributed by atoms with Gasteiger partial charge in [-0.05, 0) is 19.0 Å². The molecule has 0 spiro atoms. The van der Waals surface area contributed by atoms with E-state index in [1.54, 1.807) is 20.3 Å². The third kappa shape index (κ3) is 6.85. The summed E-state index contributed by atoms with van der Waals surface area (Å²) in [5, 5.41) is 11.9. The van der Waals surface area contributed by atoms with Crippen LogP contribution < -0.4 is 10.9 Å². The van der Waals surface area contributed by atoms with E-state index < -0.39 is 5.63 Å². The summed E-state index contributed by atoms with van der Waals surface area (Å²) in [6, 6.07) is 1.28. The summed E-state index contributed by atoms with van der Waals surface area (Å²) in [7, 11) is 3.25. The zero-order chi connectivity index (χ0) is 17.0. The van der Waals surface area contributed by atoms with Crippen molar-refractivity contribution < 1.29 is 23.8 Å². The summed E-state index contributed by atoms with van der Waals surface area (Å²) in [5.41, 5.74) is -1.21. The topological polar surface area (TPSA) is 106 Å². The Labute approximate surface area is 128 Å². The molecule has 0 bridgehead atoms. The SMILES string of the molecule is CC(CC/C=C/NC=O)c1cc(O)c(C=O)c(=O)o1.COC. The fraction of sp³-hybridized carbons (Fsp3) is 0.400. The lowest BCUT2D eigenvalue weighted by atomic mass is 10.0. The van der Waals surface area contributed by atoms with E-state index in [9.17, 15) is 19.5 Å². The van der Waals surface area contributed by atoms with Crippen LogP contribution >= 0.6 is 0 Å². The van der Waals surface area contributed by atoms with Gasteiger partial charge in [-0.2, -0.15) is 0 Å². The molecule has 0 aliphatic rings. The van der Waals surface area contributed by atoms with Crippen LogP contribution in [0.4, 0.5) is 0 Å². The molecule has 0 saturated carbocycles. The number of nitrogens with one attached hydrogen (secondary N) is 1. The molecule has 1 aromatic rings. The van der Waals surface area contributed by atoms with Crippen LogP contribution in [0.5, 0.6) is 5.75 Å². The van der Waals surface area contributed by atoms with Crippen molar-refractivity contribution >= 4 is 12.7 Å². The van der Waals surface area contributed by atoms with E-state index in [-0.39, 0.29) is 23.5 Å². The van der Waals surface area contributed by atoms with Gasteiger partial charge in [0.15, 0.2) is 6.29 Å². The fourth-order valence-corrected chi connectivity index (χ4v) is 1.54. The zero-order valence-electron chi connectivity index (χ0n) is 12.9. The van der Waals surface area contributed by atoms with Crippen LogP contribution in [0.2, 0.25) is 0 Å². The first-order valence-electron chi connectivity index (χ1n) is 6.58. The van der Waals surface area contributed by atoms with Crippen LogP contribution in [0.25, 0.3) is 0 Å². The van der Waals surface area contributed by atoms with E-state index in [1.165, 1.54) is 12.3 Å². The van der Waals surface area contributed by atoms with E-state index in [2.05, 4.69) is 10.1 Å². The molecule has 1 rings (SSSR count). The summed E-state index contributed by atoms with van der Waals surface area (Å²) in [6.07, 6.45) is 5.45. The predicted octanol–water partition coefficient (Wildman–Crippen LogP) is 1.56. The maximum Gasteiger partial charge on any atom is 0.350 e. The molecule has 0 aliphatic heterocycles. The van der Waals surface area contributed by atoms with Crippen molar-refractivity contribution in [2.45, 2.75) is 25.7 Å². The number of aldehydes is 1. The van der Waals surface area contributed by atoms with Crippen molar-refractivity contribution in [1.29, 1.82) is 0 Å². The van der Waals surface area contributed by atoms with Crippen LogP contribution in [0.1, 0.15) is 41.8 Å². The highest BCUT2D eigenvalue weighted by molar-refractivity contribution is 5.77. The smallest absolute Gasteiger partial charge is 0.350 e. The van der Waals surface area contributed by atoms with Gasteiger partial charge < -0.3 is 19.6 Å². The van der Waals surface area contributed by atoms with Gasteiger partial charge in [0.2, 0.25) is 6.41 Å². The summed E-state index contributed by atoms with van der Waals surface area (Å²) < 4.78 is 9.23. The fourth-order valence-electron chi connectivity index (χ4n) is 1.54. The van der Waals surface area contributed by atoms with E-state index in [0.717, 1.165) is 0 Å². The molecule has 1 unspecified atom stereocenters. The monoisotopic (exact) mass is 311 g/mol. The minimum Gasteiger partial charge on any atom is -0.507 e. The third-order valence-corrected chi connectivity index (χ3v) is 2.64. The van der Waals surface area contributed by atoms with Crippen molar-refractivity contribution in [3.8, 4) is 5.75 Å². The highest BCUT2D eigenvalue weighted by atomic mass is 16.4. The summed E-state index contributed by atoms with van der Waals surface area (Å²) in [5.74, 6) is -0.142. The number of carbonyl (C=O) groups is 2. The molecule has 7 nitrogen and oxygen atoms in total. The average Bonchev–Trinajstić information content (AvgIpc) is 2.47. The molecule has 7 heteroatoms. The highest BCUT2D eigenvalue weighted by Gasteiger charge is 2.14. The first-order chi connectivity index (χ1) is 10.5. The quantitative estimate of drug-likeness (QED) is 0.740. The van der Waals surface area contributed by atoms with E-state index in [1.807, 2.05) is 6.92 Å². The molecular formula is C15H21NO6. The minimum absolute atomic E-state index is 0.0971. The molecule has 0 fully saturated rings. The Morgan fingerprint density at radius 1 is 1.41 bits per heavy atom. The number of rotatable bonds is 7. The molecule has 22 heavy (non-hydrogen) atoms. The maximum absolute atomic E-state index is 11.4. The van der Waals surface area contributed by atoms with Gasteiger partial charge in [-0.25, -0.2) is 4.79 Å². The number of allylic oxidation sites excluding steroid dienone is 1. The Balaban J connectivity index is 0.00000135. The van der Waals surface area contributed by atoms with E-state index in [4.69, 9.17) is 4.42 Å². The van der Waals surface area contributed by atoms with Crippen molar-refractivity contribution in [3.63, 3.8) is 0 Å². The van der Waals surface area contributed by atoms with Crippen LogP contribution in [-0.4, -0.2) is 32.0 Å². The molecule has 1 aromatic heterocycles. The van der Waals surface area contributed by atoms with Crippen LogP contribution in [0.15, 0.2) is 27.6 Å². The lowest BCUT2D eigenvalue weighted by Gasteiger charge is -2.09. The van der Waals surface area contributed by atoms with Crippen molar-refractivity contribution in [2.24, 2.45) is 0 Å². The van der Waals surface area contributed by atoms with Crippen LogP contribution in [0.3, 0.4) is 0 Å². The van der Waals surface area contributed by atoms with E-state index in [0.29, 0.717) is 25.0 Å². The van der Waals surface area contributed by atoms with Gasteiger partial charge in [0, 0.05) is 26.2 Å². The van der Waals surface area contributed by atoms with Crippen LogP contribution in [-0.2, 0) is 9.53 Å². The number of aromatic hydroxyl groups is 1. The third-order valence-electron chi connectivity index (χ3n) is 2.64. The average molecular weight is 311 g/mol. The lowest BCUT2D eigenvalue weighted by Crippen LogP contribution is -2.09. The number of hydrogen-bond donors (Lipinski definition) is 2. The summed E-state index contributed by atoms with van der Waals surface area (Å²) in [6.45, 7) is 1.83. The number of hydrogen-bond acceptors (Lipinski definition) is 6. The molecule has 0 saturated heterocycles. The molecule has 2 N–H and O–H groups in total. The Morgan fingerprint density at radius 2 is 2.05 bits per heavy atom. The first-order valence-corrected chi connectivity index (χ1v) is 6.58. The summed E-state index contributed by atoms with van der Waals surface area (Å²) >= 11 is 0. The maximum atomic E-state index is 11.4. The number of amides is 1. The van der Waals surface area contributed by atoms with Gasteiger partial charge >= 0.3 is 5.63 Å². The second-order valence-corrected chi connectivity index (χ2v) is 4.43. The zero-order valence-corrected chi connectivity index (χ0v) is 12.9. The Morgan fingerprint density at radius 3 is 2.55 bits per heavy atom. The van der Waals surface area contributed by atoms with E-state index >= 15 is 0 Å². The van der Waals surface area contributed by atoms with Gasteiger partial charge in [-0.1, -0.05) is 13.0 Å². The standard InChI is InChI=1S/C13H15NO5.C2H6O/c1-9(4-2-3-5-14-8-16)12-6-11(17)10(7-15)13(18)19-12;1-3-2/h3,5-9,17H,2,4H2,1H3,(H,14,16);1-2H3/b5-3+;. The number of ether oxygens (including phenoxy) is 1. The molecular weight excluding hydrogens is 290 g/mol. The lowest BCUT2D eigenvalue weighted by molar-refractivity contribution is -0.108. The molecule has 0 aromatic carbocycles. The van der Waals surface area contributed by atoms with Gasteiger partial charge in [-0.15, -0.1) is 0 Å². The largest absolute Gasteiger partial charge is 0.507 e. The normalized spacial score (nSPS) is 11.4. The van der Waals surface area contributed by atoms with Crippen LogP contribution in [0, 0.1) is 0 Å². The Hall–Kier alpha value is -2.41. The molecule has 0 aliphatic carbocycles. The van der Waals surface area contributed by atoms with Crippen molar-refractivity contribution in [2.75, 3.05) is 14.2 Å². The Bertz CT molecular complexity index is 549. The van der Waals surface area contributed by atoms with Crippen molar-refractivity contribution in [1.82, 2.24) is 5.32 Å². The predicted molar refractivity (Wildman–Crippen MR) is 81.0 cm³/mol. The number of methoxy groups -OCH3 is 1. The van der Waals surface area contributed by atoms with Gasteiger partial charge in [0.25, 0.3) is 0 Å². The highest BCUT2D eigenvalue weighted by Crippen LogP contribution is 2.23. The second kappa shape index (κ2) is 11.3. The number of carbonyl (C=O) groups excluding carboxylic acids is 2. The van der Waals surface area contributed by atoms with Crippen molar-refractivity contribution in [3.05, 3.63) is 40.1 Å². The summed E-state index contributed by atoms with van der Waals surface area (Å²) in [4.78, 5) is 31.9. The first kappa shape index (κ1) is 19.6. The second-order valence-electron chi connectivity index (χ2n) is 4.43. The van der Waals surface area contributed by atoms with Gasteiger partial charge in [0.1, 0.15) is 17.1 Å². The van der Waals surface area contributed by atoms with Gasteiger partial charge in [0.05, 0.1) is 0 Å². The molecule has 1 atom stereocenters. The van der Waals surface area contributed by atoms with Gasteiger partial charge in [-0.3, -0.25) is 9.59 Å². The Kier molecular flexibility index (Phi) is 10.0. The molecule has 0 radical (unpaired) electrons.